The van der Waals surface area contributed by atoms with Gasteiger partial charge in [0.25, 0.3) is 0 Å². The molecule has 1 aromatic carbocycles. The Hall–Kier alpha value is -1.22. The number of piperazine rings is 1. The van der Waals surface area contributed by atoms with Crippen LogP contribution in [0.4, 0.5) is 5.69 Å². The fraction of sp³-hybridized carbons (Fsp3) is 0.500. The molecule has 15 heavy (non-hydrogen) atoms. The fourth-order valence-electron chi connectivity index (χ4n) is 1.88. The monoisotopic (exact) mass is 205 g/mol. The average molecular weight is 205 g/mol. The minimum atomic E-state index is 0.919. The van der Waals surface area contributed by atoms with Crippen molar-refractivity contribution in [1.82, 2.24) is 4.90 Å². The molecule has 81 valence electrons. The van der Waals surface area contributed by atoms with Gasteiger partial charge in [0.2, 0.25) is 0 Å². The van der Waals surface area contributed by atoms with E-state index in [-0.39, 0.29) is 0 Å². The Kier molecular flexibility index (Phi) is 3.11. The second kappa shape index (κ2) is 4.53. The molecule has 1 aliphatic rings. The molecule has 1 aromatic rings. The second-order valence-corrected chi connectivity index (χ2v) is 3.89. The smallest absolute Gasteiger partial charge is 0.142 e. The number of anilines is 1. The van der Waals surface area contributed by atoms with E-state index in [1.165, 1.54) is 5.69 Å². The van der Waals surface area contributed by atoms with Crippen molar-refractivity contribution in [3.63, 3.8) is 0 Å². The summed E-state index contributed by atoms with van der Waals surface area (Å²) in [7, 11) is 3.87. The maximum absolute atomic E-state index is 5.34. The number of benzene rings is 1. The van der Waals surface area contributed by atoms with Gasteiger partial charge in [-0.3, -0.25) is 0 Å². The molecule has 0 aliphatic carbocycles. The molecule has 1 fully saturated rings. The third-order valence-electron chi connectivity index (χ3n) is 2.87. The van der Waals surface area contributed by atoms with E-state index in [9.17, 15) is 0 Å². The highest BCUT2D eigenvalue weighted by molar-refractivity contribution is 5.58. The Morgan fingerprint density at radius 1 is 1.27 bits per heavy atom. The van der Waals surface area contributed by atoms with Crippen LogP contribution in [0.1, 0.15) is 0 Å². The Balaban J connectivity index is 2.15. The first-order valence-electron chi connectivity index (χ1n) is 5.29. The van der Waals surface area contributed by atoms with Gasteiger partial charge in [-0.1, -0.05) is 6.07 Å². The lowest BCUT2D eigenvalue weighted by molar-refractivity contribution is 0.311. The molecule has 0 saturated carbocycles. The van der Waals surface area contributed by atoms with Crippen molar-refractivity contribution in [2.45, 2.75) is 0 Å². The van der Waals surface area contributed by atoms with Crippen LogP contribution in [0.3, 0.4) is 0 Å². The van der Waals surface area contributed by atoms with Crippen LogP contribution in [-0.2, 0) is 0 Å². The molecule has 0 unspecified atom stereocenters. The number of hydrogen-bond acceptors (Lipinski definition) is 3. The van der Waals surface area contributed by atoms with Crippen molar-refractivity contribution in [3.8, 4) is 5.75 Å². The van der Waals surface area contributed by atoms with Gasteiger partial charge in [0.1, 0.15) is 5.75 Å². The first kappa shape index (κ1) is 10.3. The molecule has 0 amide bonds. The molecule has 1 heterocycles. The Morgan fingerprint density at radius 3 is 2.67 bits per heavy atom. The molecule has 0 bridgehead atoms. The zero-order valence-corrected chi connectivity index (χ0v) is 9.36. The van der Waals surface area contributed by atoms with Gasteiger partial charge in [0, 0.05) is 26.2 Å². The Morgan fingerprint density at radius 2 is 2.00 bits per heavy atom. The predicted octanol–water partition coefficient (Wildman–Crippen LogP) is 1.25. The van der Waals surface area contributed by atoms with Crippen LogP contribution in [0, 0.1) is 6.07 Å². The molecule has 1 radical (unpaired) electrons. The van der Waals surface area contributed by atoms with E-state index in [4.69, 9.17) is 4.74 Å². The van der Waals surface area contributed by atoms with E-state index in [2.05, 4.69) is 29.0 Å². The van der Waals surface area contributed by atoms with Crippen LogP contribution in [0.25, 0.3) is 0 Å². The molecule has 1 saturated heterocycles. The number of hydrogen-bond donors (Lipinski definition) is 0. The highest BCUT2D eigenvalue weighted by atomic mass is 16.5. The molecule has 0 N–H and O–H groups in total. The highest BCUT2D eigenvalue weighted by Gasteiger charge is 2.16. The Bertz CT molecular complexity index is 319. The molecule has 1 aliphatic heterocycles. The van der Waals surface area contributed by atoms with Crippen molar-refractivity contribution < 1.29 is 4.74 Å². The van der Waals surface area contributed by atoms with Crippen molar-refractivity contribution in [3.05, 3.63) is 24.3 Å². The van der Waals surface area contributed by atoms with E-state index >= 15 is 0 Å². The maximum Gasteiger partial charge on any atom is 0.142 e. The van der Waals surface area contributed by atoms with Crippen molar-refractivity contribution >= 4 is 5.69 Å². The van der Waals surface area contributed by atoms with Gasteiger partial charge >= 0.3 is 0 Å². The molecular weight excluding hydrogens is 188 g/mol. The maximum atomic E-state index is 5.34. The van der Waals surface area contributed by atoms with Gasteiger partial charge in [0.15, 0.2) is 0 Å². The Labute approximate surface area is 91.2 Å². The fourth-order valence-corrected chi connectivity index (χ4v) is 1.88. The van der Waals surface area contributed by atoms with Crippen LogP contribution in [0.15, 0.2) is 18.2 Å². The minimum Gasteiger partial charge on any atom is -0.495 e. The molecule has 0 spiro atoms. The average Bonchev–Trinajstić information content (AvgIpc) is 2.30. The third-order valence-corrected chi connectivity index (χ3v) is 2.87. The quantitative estimate of drug-likeness (QED) is 0.722. The van der Waals surface area contributed by atoms with E-state index in [0.717, 1.165) is 31.9 Å². The van der Waals surface area contributed by atoms with E-state index in [1.807, 2.05) is 12.1 Å². The number of likely N-dealkylation sites (N-methyl/N-ethyl adjacent to an activating group) is 1. The summed E-state index contributed by atoms with van der Waals surface area (Å²) in [5.41, 5.74) is 1.18. The molecule has 0 aromatic heterocycles. The normalized spacial score (nSPS) is 17.9. The lowest BCUT2D eigenvalue weighted by atomic mass is 10.2. The summed E-state index contributed by atoms with van der Waals surface area (Å²) in [6, 6.07) is 8.95. The SMILES string of the molecule is COc1c[c]ccc1N1CCN(C)CC1. The van der Waals surface area contributed by atoms with Gasteiger partial charge in [0.05, 0.1) is 12.8 Å². The van der Waals surface area contributed by atoms with E-state index < -0.39 is 0 Å². The standard InChI is InChI=1S/C12H17N2O/c1-13-7-9-14(10-8-13)11-5-3-4-6-12(11)15-2/h3,5-6H,7-10H2,1-2H3. The molecule has 3 heteroatoms. The van der Waals surface area contributed by atoms with Crippen molar-refractivity contribution in [2.24, 2.45) is 0 Å². The van der Waals surface area contributed by atoms with Crippen molar-refractivity contribution in [1.29, 1.82) is 0 Å². The van der Waals surface area contributed by atoms with Crippen LogP contribution in [-0.4, -0.2) is 45.2 Å². The van der Waals surface area contributed by atoms with Gasteiger partial charge in [-0.05, 0) is 25.2 Å². The lowest BCUT2D eigenvalue weighted by Crippen LogP contribution is -2.44. The zero-order valence-electron chi connectivity index (χ0n) is 9.36. The van der Waals surface area contributed by atoms with Gasteiger partial charge < -0.3 is 14.5 Å². The molecular formula is C12H17N2O. The number of methoxy groups -OCH3 is 1. The summed E-state index contributed by atoms with van der Waals surface area (Å²) in [5, 5.41) is 0. The first-order valence-corrected chi connectivity index (χ1v) is 5.29. The van der Waals surface area contributed by atoms with Gasteiger partial charge in [-0.2, -0.15) is 0 Å². The topological polar surface area (TPSA) is 15.7 Å². The van der Waals surface area contributed by atoms with Gasteiger partial charge in [-0.15, -0.1) is 0 Å². The zero-order chi connectivity index (χ0) is 10.7. The summed E-state index contributed by atoms with van der Waals surface area (Å²) in [6.45, 7) is 4.36. The first-order chi connectivity index (χ1) is 7.31. The molecule has 3 nitrogen and oxygen atoms in total. The molecule has 2 rings (SSSR count). The lowest BCUT2D eigenvalue weighted by Gasteiger charge is -2.34. The van der Waals surface area contributed by atoms with Crippen LogP contribution >= 0.6 is 0 Å². The highest BCUT2D eigenvalue weighted by Crippen LogP contribution is 2.27. The largest absolute Gasteiger partial charge is 0.495 e. The minimum absolute atomic E-state index is 0.919. The summed E-state index contributed by atoms with van der Waals surface area (Å²) >= 11 is 0. The van der Waals surface area contributed by atoms with E-state index in [0.29, 0.717) is 0 Å². The number of rotatable bonds is 2. The number of nitrogens with zero attached hydrogens (tertiary/aromatic N) is 2. The number of ether oxygens (including phenoxy) is 1. The van der Waals surface area contributed by atoms with Crippen LogP contribution in [0.2, 0.25) is 0 Å². The van der Waals surface area contributed by atoms with Crippen LogP contribution < -0.4 is 9.64 Å². The summed E-state index contributed by atoms with van der Waals surface area (Å²) < 4.78 is 5.34. The second-order valence-electron chi connectivity index (χ2n) is 3.89. The summed E-state index contributed by atoms with van der Waals surface area (Å²) in [5.74, 6) is 0.919. The van der Waals surface area contributed by atoms with Crippen molar-refractivity contribution in [2.75, 3.05) is 45.2 Å². The van der Waals surface area contributed by atoms with Gasteiger partial charge in [-0.25, -0.2) is 0 Å². The summed E-state index contributed by atoms with van der Waals surface area (Å²) in [6.07, 6.45) is 0. The van der Waals surface area contributed by atoms with Crippen LogP contribution in [0.5, 0.6) is 5.75 Å². The van der Waals surface area contributed by atoms with E-state index in [1.54, 1.807) is 7.11 Å². The predicted molar refractivity (Wildman–Crippen MR) is 61.5 cm³/mol. The third kappa shape index (κ3) is 2.23. The molecule has 0 atom stereocenters. The summed E-state index contributed by atoms with van der Waals surface area (Å²) in [4.78, 5) is 4.71.